The average molecular weight is 323 g/mol. The monoisotopic (exact) mass is 323 g/mol. The van der Waals surface area contributed by atoms with Gasteiger partial charge in [0.15, 0.2) is 5.75 Å². The highest BCUT2D eigenvalue weighted by Crippen LogP contribution is 2.26. The molecule has 9 heteroatoms. The molecule has 1 aliphatic rings. The summed E-state index contributed by atoms with van der Waals surface area (Å²) >= 11 is 0. The molecule has 9 nitrogen and oxygen atoms in total. The van der Waals surface area contributed by atoms with Crippen molar-refractivity contribution in [1.82, 2.24) is 10.2 Å². The first-order valence-corrected chi connectivity index (χ1v) is 6.91. The molecule has 1 fully saturated rings. The van der Waals surface area contributed by atoms with Gasteiger partial charge in [-0.25, -0.2) is 4.79 Å². The Bertz CT molecular complexity index is 645. The number of hydrogen-bond acceptors (Lipinski definition) is 6. The number of carbonyl (C=O) groups excluding carboxylic acids is 2. The maximum absolute atomic E-state index is 12.0. The molecular formula is C14H17N3O6. The van der Waals surface area contributed by atoms with Crippen molar-refractivity contribution in [2.24, 2.45) is 0 Å². The van der Waals surface area contributed by atoms with Crippen LogP contribution in [0.25, 0.3) is 0 Å². The predicted molar refractivity (Wildman–Crippen MR) is 78.9 cm³/mol. The lowest BCUT2D eigenvalue weighted by Gasteiger charge is -2.19. The van der Waals surface area contributed by atoms with E-state index in [0.717, 1.165) is 4.90 Å². The third kappa shape index (κ3) is 3.57. The molecule has 0 radical (unpaired) electrons. The van der Waals surface area contributed by atoms with Gasteiger partial charge in [0.1, 0.15) is 18.2 Å². The molecule has 1 aliphatic heterocycles. The number of amides is 3. The van der Waals surface area contributed by atoms with Crippen molar-refractivity contribution in [2.45, 2.75) is 25.5 Å². The maximum atomic E-state index is 12.0. The quantitative estimate of drug-likeness (QED) is 0.450. The number of aliphatic hydroxyl groups is 1. The highest BCUT2D eigenvalue weighted by molar-refractivity contribution is 6.06. The van der Waals surface area contributed by atoms with Crippen LogP contribution in [0.15, 0.2) is 24.3 Å². The fourth-order valence-corrected chi connectivity index (χ4v) is 2.16. The van der Waals surface area contributed by atoms with Gasteiger partial charge in [-0.2, -0.15) is 0 Å². The zero-order valence-electron chi connectivity index (χ0n) is 12.7. The van der Waals surface area contributed by atoms with Gasteiger partial charge in [0.2, 0.25) is 0 Å². The molecule has 23 heavy (non-hydrogen) atoms. The molecule has 3 amide bonds. The molecule has 0 saturated carbocycles. The third-order valence-corrected chi connectivity index (χ3v) is 3.33. The lowest BCUT2D eigenvalue weighted by atomic mass is 10.1. The van der Waals surface area contributed by atoms with E-state index in [4.69, 9.17) is 4.74 Å². The minimum Gasteiger partial charge on any atom is -0.484 e. The number of nitro groups is 1. The summed E-state index contributed by atoms with van der Waals surface area (Å²) in [6.07, 6.45) is -1.17. The number of rotatable bonds is 6. The molecule has 1 saturated heterocycles. The van der Waals surface area contributed by atoms with Crippen molar-refractivity contribution < 1.29 is 24.4 Å². The normalized spacial score (nSPS) is 17.8. The number of hydrogen-bond donors (Lipinski definition) is 2. The summed E-state index contributed by atoms with van der Waals surface area (Å²) in [4.78, 5) is 34.9. The van der Waals surface area contributed by atoms with Crippen molar-refractivity contribution in [2.75, 3.05) is 13.2 Å². The Morgan fingerprint density at radius 3 is 2.61 bits per heavy atom. The van der Waals surface area contributed by atoms with Gasteiger partial charge in [0.05, 0.1) is 11.5 Å². The first kappa shape index (κ1) is 16.7. The third-order valence-electron chi connectivity index (χ3n) is 3.33. The number of ether oxygens (including phenoxy) is 1. The van der Waals surface area contributed by atoms with Crippen LogP contribution in [0.1, 0.15) is 13.8 Å². The number of β-amino-alcohol motifs (C(OH)–C–C–N with tert-alkyl or cyclic N) is 1. The smallest absolute Gasteiger partial charge is 0.325 e. The molecule has 0 spiro atoms. The molecular weight excluding hydrogens is 306 g/mol. The number of carbonyl (C=O) groups is 2. The Kier molecular flexibility index (Phi) is 4.50. The Balaban J connectivity index is 1.96. The van der Waals surface area contributed by atoms with Crippen LogP contribution in [0.5, 0.6) is 5.75 Å². The summed E-state index contributed by atoms with van der Waals surface area (Å²) in [6, 6.07) is 5.15. The number of para-hydroxylation sites is 2. The van der Waals surface area contributed by atoms with E-state index in [1.54, 1.807) is 19.9 Å². The fourth-order valence-electron chi connectivity index (χ4n) is 2.16. The predicted octanol–water partition coefficient (Wildman–Crippen LogP) is 0.665. The number of aliphatic hydroxyl groups excluding tert-OH is 1. The minimum atomic E-state index is -1.17. The standard InChI is InChI=1S/C14H17N3O6/c1-14(2)12(19)16(13(20)15-14)7-9(18)8-23-11-6-4-3-5-10(11)17(21)22/h3-6,9,18H,7-8H2,1-2H3,(H,15,20)/t9-/m0/s1. The molecule has 0 aliphatic carbocycles. The van der Waals surface area contributed by atoms with Crippen molar-refractivity contribution in [1.29, 1.82) is 0 Å². The molecule has 1 aromatic rings. The van der Waals surface area contributed by atoms with Gasteiger partial charge in [-0.15, -0.1) is 0 Å². The Morgan fingerprint density at radius 2 is 2.04 bits per heavy atom. The fraction of sp³-hybridized carbons (Fsp3) is 0.429. The first-order valence-electron chi connectivity index (χ1n) is 6.91. The molecule has 0 unspecified atom stereocenters. The Morgan fingerprint density at radius 1 is 1.39 bits per heavy atom. The van der Waals surface area contributed by atoms with Crippen LogP contribution in [-0.4, -0.2) is 51.7 Å². The van der Waals surface area contributed by atoms with E-state index in [0.29, 0.717) is 0 Å². The average Bonchev–Trinajstić information content (AvgIpc) is 2.67. The van der Waals surface area contributed by atoms with Crippen LogP contribution in [0.3, 0.4) is 0 Å². The van der Waals surface area contributed by atoms with E-state index in [1.807, 2.05) is 0 Å². The second-order valence-corrected chi connectivity index (χ2v) is 5.66. The number of nitrogens with zero attached hydrogens (tertiary/aromatic N) is 2. The highest BCUT2D eigenvalue weighted by atomic mass is 16.6. The van der Waals surface area contributed by atoms with Crippen LogP contribution in [0.4, 0.5) is 10.5 Å². The van der Waals surface area contributed by atoms with Crippen molar-refractivity contribution in [3.8, 4) is 5.75 Å². The lowest BCUT2D eigenvalue weighted by molar-refractivity contribution is -0.385. The molecule has 1 aromatic carbocycles. The summed E-state index contributed by atoms with van der Waals surface area (Å²) in [5.74, 6) is -0.443. The van der Waals surface area contributed by atoms with Crippen LogP contribution in [-0.2, 0) is 4.79 Å². The van der Waals surface area contributed by atoms with Crippen LogP contribution >= 0.6 is 0 Å². The van der Waals surface area contributed by atoms with Gasteiger partial charge in [-0.05, 0) is 19.9 Å². The van der Waals surface area contributed by atoms with Crippen molar-refractivity contribution >= 4 is 17.6 Å². The van der Waals surface area contributed by atoms with E-state index >= 15 is 0 Å². The van der Waals surface area contributed by atoms with Gasteiger partial charge in [-0.3, -0.25) is 19.8 Å². The van der Waals surface area contributed by atoms with Gasteiger partial charge in [-0.1, -0.05) is 12.1 Å². The summed E-state index contributed by atoms with van der Waals surface area (Å²) in [5.41, 5.74) is -1.24. The maximum Gasteiger partial charge on any atom is 0.325 e. The zero-order valence-corrected chi connectivity index (χ0v) is 12.7. The number of imide groups is 1. The molecule has 1 atom stereocenters. The minimum absolute atomic E-state index is 0.00841. The molecule has 0 aromatic heterocycles. The van der Waals surface area contributed by atoms with Gasteiger partial charge in [0.25, 0.3) is 5.91 Å². The summed E-state index contributed by atoms with van der Waals surface area (Å²) < 4.78 is 5.23. The number of urea groups is 1. The van der Waals surface area contributed by atoms with E-state index < -0.39 is 28.5 Å². The molecule has 1 heterocycles. The van der Waals surface area contributed by atoms with Gasteiger partial charge < -0.3 is 15.2 Å². The van der Waals surface area contributed by atoms with Crippen LogP contribution < -0.4 is 10.1 Å². The number of nitrogens with one attached hydrogen (secondary N) is 1. The zero-order chi connectivity index (χ0) is 17.2. The summed E-state index contributed by atoms with van der Waals surface area (Å²) in [5, 5.41) is 23.3. The first-order chi connectivity index (χ1) is 10.7. The van der Waals surface area contributed by atoms with Gasteiger partial charge in [0, 0.05) is 6.07 Å². The summed E-state index contributed by atoms with van der Waals surface area (Å²) in [7, 11) is 0. The van der Waals surface area contributed by atoms with E-state index in [1.165, 1.54) is 18.2 Å². The highest BCUT2D eigenvalue weighted by Gasteiger charge is 2.44. The SMILES string of the molecule is CC1(C)NC(=O)N(C[C@H](O)COc2ccccc2[N+](=O)[O-])C1=O. The molecule has 0 bridgehead atoms. The Labute approximate surface area is 132 Å². The summed E-state index contributed by atoms with van der Waals surface area (Å²) in [6.45, 7) is 2.57. The molecule has 124 valence electrons. The molecule has 2 rings (SSSR count). The molecule has 2 N–H and O–H groups in total. The van der Waals surface area contributed by atoms with E-state index in [-0.39, 0.29) is 24.6 Å². The topological polar surface area (TPSA) is 122 Å². The van der Waals surface area contributed by atoms with Crippen LogP contribution in [0.2, 0.25) is 0 Å². The second kappa shape index (κ2) is 6.21. The number of benzene rings is 1. The second-order valence-electron chi connectivity index (χ2n) is 5.66. The van der Waals surface area contributed by atoms with E-state index in [9.17, 15) is 24.8 Å². The van der Waals surface area contributed by atoms with Crippen molar-refractivity contribution in [3.05, 3.63) is 34.4 Å². The Hall–Kier alpha value is -2.68. The van der Waals surface area contributed by atoms with Gasteiger partial charge >= 0.3 is 11.7 Å². The number of nitro benzene ring substituents is 1. The van der Waals surface area contributed by atoms with Crippen molar-refractivity contribution in [3.63, 3.8) is 0 Å². The van der Waals surface area contributed by atoms with Crippen LogP contribution in [0, 0.1) is 10.1 Å². The lowest BCUT2D eigenvalue weighted by Crippen LogP contribution is -2.42. The largest absolute Gasteiger partial charge is 0.484 e. The van der Waals surface area contributed by atoms with E-state index in [2.05, 4.69) is 5.32 Å².